The minimum Gasteiger partial charge on any atom is -0.493 e. The normalized spacial score (nSPS) is 10.8. The van der Waals surface area contributed by atoms with Crippen LogP contribution in [0.4, 0.5) is 11.4 Å². The van der Waals surface area contributed by atoms with Gasteiger partial charge >= 0.3 is 5.97 Å². The van der Waals surface area contributed by atoms with Crippen LogP contribution in [0.3, 0.4) is 0 Å². The molecule has 11 nitrogen and oxygen atoms in total. The Kier molecular flexibility index (Phi) is 9.50. The highest BCUT2D eigenvalue weighted by Gasteiger charge is 2.11. The lowest BCUT2D eigenvalue weighted by Gasteiger charge is -2.09. The number of carbonyl (C=O) groups excluding carboxylic acids is 3. The van der Waals surface area contributed by atoms with Crippen LogP contribution in [0.1, 0.15) is 31.8 Å². The number of carbonyl (C=O) groups is 3. The number of hydrazone groups is 1. The molecule has 0 saturated carbocycles. The van der Waals surface area contributed by atoms with Crippen LogP contribution in [0.5, 0.6) is 11.5 Å². The summed E-state index contributed by atoms with van der Waals surface area (Å²) in [7, 11) is 1.40. The van der Waals surface area contributed by atoms with E-state index in [2.05, 4.69) is 15.8 Å². The average molecular weight is 565 g/mol. The van der Waals surface area contributed by atoms with Gasteiger partial charge in [-0.3, -0.25) is 19.7 Å². The molecule has 0 unspecified atom stereocenters. The van der Waals surface area contributed by atoms with E-state index in [0.717, 1.165) is 6.08 Å². The number of nitro benzene ring substituents is 1. The van der Waals surface area contributed by atoms with E-state index in [0.29, 0.717) is 22.4 Å². The van der Waals surface area contributed by atoms with Crippen LogP contribution >= 0.6 is 0 Å². The molecule has 2 N–H and O–H groups in total. The van der Waals surface area contributed by atoms with Crippen molar-refractivity contribution in [2.45, 2.75) is 0 Å². The highest BCUT2D eigenvalue weighted by Crippen LogP contribution is 2.28. The molecule has 0 atom stereocenters. The Morgan fingerprint density at radius 3 is 2.33 bits per heavy atom. The van der Waals surface area contributed by atoms with Gasteiger partial charge in [-0.25, -0.2) is 10.2 Å². The maximum absolute atomic E-state index is 12.6. The Hall–Kier alpha value is -6.10. The van der Waals surface area contributed by atoms with Crippen molar-refractivity contribution in [3.8, 4) is 11.5 Å². The van der Waals surface area contributed by atoms with Crippen LogP contribution < -0.4 is 20.2 Å². The zero-order valence-corrected chi connectivity index (χ0v) is 22.2. The standard InChI is InChI=1S/C31H24N4O7/c1-41-28-18-22(13-15-27(28)42-29(36)16-14-21-7-5-12-26(17-21)35(39)40)20-32-34-31(38)24-10-6-11-25(19-24)33-30(37)23-8-3-2-4-9-23/h2-20H,1H3,(H,33,37)(H,34,38)/b16-14+,32-20?. The molecule has 0 aliphatic carbocycles. The number of ether oxygens (including phenoxy) is 2. The van der Waals surface area contributed by atoms with Crippen molar-refractivity contribution >= 4 is 41.4 Å². The summed E-state index contributed by atoms with van der Waals surface area (Å²) in [6, 6.07) is 25.6. The number of nitro groups is 1. The highest BCUT2D eigenvalue weighted by molar-refractivity contribution is 6.05. The first-order valence-electron chi connectivity index (χ1n) is 12.4. The van der Waals surface area contributed by atoms with Gasteiger partial charge < -0.3 is 14.8 Å². The van der Waals surface area contributed by atoms with Crippen molar-refractivity contribution in [2.24, 2.45) is 5.10 Å². The number of nitrogens with one attached hydrogen (secondary N) is 2. The van der Waals surface area contributed by atoms with E-state index in [1.54, 1.807) is 60.7 Å². The molecule has 0 bridgehead atoms. The van der Waals surface area contributed by atoms with Gasteiger partial charge in [0, 0.05) is 35.0 Å². The van der Waals surface area contributed by atoms with Crippen LogP contribution in [0.2, 0.25) is 0 Å². The number of hydrogen-bond acceptors (Lipinski definition) is 8. The molecule has 210 valence electrons. The molecule has 4 rings (SSSR count). The van der Waals surface area contributed by atoms with Crippen LogP contribution in [-0.4, -0.2) is 36.0 Å². The summed E-state index contributed by atoms with van der Waals surface area (Å²) in [6.07, 6.45) is 3.93. The summed E-state index contributed by atoms with van der Waals surface area (Å²) in [5, 5.41) is 17.6. The zero-order valence-electron chi connectivity index (χ0n) is 22.2. The molecular weight excluding hydrogens is 540 g/mol. The van der Waals surface area contributed by atoms with E-state index in [-0.39, 0.29) is 28.7 Å². The van der Waals surface area contributed by atoms with E-state index in [1.807, 2.05) is 6.07 Å². The molecule has 42 heavy (non-hydrogen) atoms. The van der Waals surface area contributed by atoms with Crippen molar-refractivity contribution in [1.29, 1.82) is 0 Å². The zero-order chi connectivity index (χ0) is 29.9. The molecule has 4 aromatic rings. The van der Waals surface area contributed by atoms with Gasteiger partial charge in [-0.15, -0.1) is 0 Å². The maximum atomic E-state index is 12.6. The minimum absolute atomic E-state index is 0.0959. The topological polar surface area (TPSA) is 149 Å². The predicted octanol–water partition coefficient (Wildman–Crippen LogP) is 5.24. The van der Waals surface area contributed by atoms with Crippen molar-refractivity contribution in [2.75, 3.05) is 12.4 Å². The quantitative estimate of drug-likeness (QED) is 0.0668. The van der Waals surface area contributed by atoms with Gasteiger partial charge in [-0.05, 0) is 65.7 Å². The Bertz CT molecular complexity index is 1680. The number of non-ortho nitro benzene ring substituents is 1. The summed E-state index contributed by atoms with van der Waals surface area (Å²) in [6.45, 7) is 0. The first kappa shape index (κ1) is 28.9. The third-order valence-electron chi connectivity index (χ3n) is 5.69. The molecule has 11 heteroatoms. The number of rotatable bonds is 10. The van der Waals surface area contributed by atoms with Crippen molar-refractivity contribution in [3.63, 3.8) is 0 Å². The fraction of sp³-hybridized carbons (Fsp3) is 0.0323. The number of esters is 1. The van der Waals surface area contributed by atoms with Gasteiger partial charge in [0.2, 0.25) is 0 Å². The minimum atomic E-state index is -0.712. The molecule has 0 aromatic heterocycles. The van der Waals surface area contributed by atoms with E-state index in [1.165, 1.54) is 49.7 Å². The first-order valence-corrected chi connectivity index (χ1v) is 12.4. The second-order valence-electron chi connectivity index (χ2n) is 8.62. The molecule has 0 fully saturated rings. The van der Waals surface area contributed by atoms with Gasteiger partial charge in [0.05, 0.1) is 18.2 Å². The average Bonchev–Trinajstić information content (AvgIpc) is 3.01. The lowest BCUT2D eigenvalue weighted by atomic mass is 10.1. The highest BCUT2D eigenvalue weighted by atomic mass is 16.6. The SMILES string of the molecule is COc1cc(C=NNC(=O)c2cccc(NC(=O)c3ccccc3)c2)ccc1OC(=O)/C=C/c1cccc([N+](=O)[O-])c1. The van der Waals surface area contributed by atoms with Crippen LogP contribution in [0, 0.1) is 10.1 Å². The Balaban J connectivity index is 1.35. The van der Waals surface area contributed by atoms with Gasteiger partial charge in [0.15, 0.2) is 11.5 Å². The van der Waals surface area contributed by atoms with Crippen LogP contribution in [-0.2, 0) is 4.79 Å². The van der Waals surface area contributed by atoms with Gasteiger partial charge in [0.25, 0.3) is 17.5 Å². The fourth-order valence-corrected chi connectivity index (χ4v) is 3.66. The summed E-state index contributed by atoms with van der Waals surface area (Å²) in [4.78, 5) is 47.7. The molecule has 0 aliphatic heterocycles. The van der Waals surface area contributed by atoms with Crippen LogP contribution in [0.15, 0.2) is 108 Å². The third-order valence-corrected chi connectivity index (χ3v) is 5.69. The number of amides is 2. The fourth-order valence-electron chi connectivity index (χ4n) is 3.66. The summed E-state index contributed by atoms with van der Waals surface area (Å²) < 4.78 is 10.6. The van der Waals surface area contributed by atoms with Crippen molar-refractivity contribution < 1.29 is 28.8 Å². The molecule has 0 saturated heterocycles. The number of benzene rings is 4. The lowest BCUT2D eigenvalue weighted by molar-refractivity contribution is -0.384. The predicted molar refractivity (Wildman–Crippen MR) is 157 cm³/mol. The molecular formula is C31H24N4O7. The molecule has 0 heterocycles. The van der Waals surface area contributed by atoms with E-state index in [9.17, 15) is 24.5 Å². The molecule has 0 aliphatic rings. The van der Waals surface area contributed by atoms with E-state index in [4.69, 9.17) is 9.47 Å². The number of methoxy groups -OCH3 is 1. The van der Waals surface area contributed by atoms with Crippen molar-refractivity contribution in [1.82, 2.24) is 5.43 Å². The van der Waals surface area contributed by atoms with Gasteiger partial charge in [0.1, 0.15) is 0 Å². The van der Waals surface area contributed by atoms with Crippen molar-refractivity contribution in [3.05, 3.63) is 136 Å². The number of anilines is 1. The number of hydrogen-bond donors (Lipinski definition) is 2. The first-order chi connectivity index (χ1) is 20.3. The van der Waals surface area contributed by atoms with Crippen LogP contribution in [0.25, 0.3) is 6.08 Å². The van der Waals surface area contributed by atoms with E-state index < -0.39 is 16.8 Å². The Labute approximate surface area is 240 Å². The maximum Gasteiger partial charge on any atom is 0.336 e. The monoisotopic (exact) mass is 564 g/mol. The Morgan fingerprint density at radius 1 is 0.810 bits per heavy atom. The molecule has 0 radical (unpaired) electrons. The van der Waals surface area contributed by atoms with E-state index >= 15 is 0 Å². The van der Waals surface area contributed by atoms with Gasteiger partial charge in [-0.2, -0.15) is 5.10 Å². The largest absolute Gasteiger partial charge is 0.493 e. The second kappa shape index (κ2) is 13.8. The second-order valence-corrected chi connectivity index (χ2v) is 8.62. The summed E-state index contributed by atoms with van der Waals surface area (Å²) in [5.41, 5.74) is 4.57. The lowest BCUT2D eigenvalue weighted by Crippen LogP contribution is -2.18. The van der Waals surface area contributed by atoms with Gasteiger partial charge in [-0.1, -0.05) is 36.4 Å². The Morgan fingerprint density at radius 2 is 1.57 bits per heavy atom. The molecule has 4 aromatic carbocycles. The number of nitrogens with zero attached hydrogens (tertiary/aromatic N) is 2. The molecule has 2 amide bonds. The summed E-state index contributed by atoms with van der Waals surface area (Å²) >= 11 is 0. The third kappa shape index (κ3) is 7.96. The molecule has 0 spiro atoms. The smallest absolute Gasteiger partial charge is 0.336 e. The summed E-state index contributed by atoms with van der Waals surface area (Å²) in [5.74, 6) is -1.12.